The van der Waals surface area contributed by atoms with E-state index in [-0.39, 0.29) is 5.41 Å². The first-order valence-corrected chi connectivity index (χ1v) is 6.42. The van der Waals surface area contributed by atoms with Gasteiger partial charge in [-0.3, -0.25) is 0 Å². The summed E-state index contributed by atoms with van der Waals surface area (Å²) in [7, 11) is 0. The van der Waals surface area contributed by atoms with Crippen LogP contribution in [-0.4, -0.2) is 0 Å². The lowest BCUT2D eigenvalue weighted by molar-refractivity contribution is 0.221. The molecule has 0 aliphatic carbocycles. The van der Waals surface area contributed by atoms with Crippen LogP contribution in [0.1, 0.15) is 45.7 Å². The van der Waals surface area contributed by atoms with Crippen LogP contribution in [-0.2, 0) is 11.1 Å². The van der Waals surface area contributed by atoms with Gasteiger partial charge in [-0.15, -0.1) is 0 Å². The molecule has 0 amide bonds. The van der Waals surface area contributed by atoms with E-state index < -0.39 is 5.67 Å². The van der Waals surface area contributed by atoms with Crippen LogP contribution in [0.3, 0.4) is 0 Å². The molecule has 0 aromatic heterocycles. The van der Waals surface area contributed by atoms with Gasteiger partial charge in [0, 0.05) is 0 Å². The highest BCUT2D eigenvalue weighted by Gasteiger charge is 2.19. The molecule has 0 unspecified atom stereocenters. The Balaban J connectivity index is 2.56. The molecule has 0 aliphatic rings. The molecule has 0 saturated heterocycles. The molecule has 0 spiro atoms. The van der Waals surface area contributed by atoms with Crippen LogP contribution >= 0.6 is 0 Å². The van der Waals surface area contributed by atoms with Crippen molar-refractivity contribution in [2.75, 3.05) is 0 Å². The summed E-state index contributed by atoms with van der Waals surface area (Å²) in [6.45, 7) is 9.79. The molecular formula is C17H21F. The Labute approximate surface area is 109 Å². The largest absolute Gasteiger partial charge is 0.239 e. The number of hydrogen-bond acceptors (Lipinski definition) is 0. The van der Waals surface area contributed by atoms with Crippen LogP contribution in [0, 0.1) is 0 Å². The third-order valence-electron chi connectivity index (χ3n) is 3.39. The van der Waals surface area contributed by atoms with Crippen LogP contribution in [0.4, 0.5) is 4.39 Å². The first kappa shape index (κ1) is 13.1. The van der Waals surface area contributed by atoms with Gasteiger partial charge in [-0.05, 0) is 47.2 Å². The fourth-order valence-electron chi connectivity index (χ4n) is 2.08. The maximum Gasteiger partial charge on any atom is 0.130 e. The van der Waals surface area contributed by atoms with Gasteiger partial charge in [-0.2, -0.15) is 0 Å². The van der Waals surface area contributed by atoms with E-state index in [1.807, 2.05) is 18.2 Å². The summed E-state index contributed by atoms with van der Waals surface area (Å²) >= 11 is 0. The molecule has 0 bridgehead atoms. The second-order valence-corrected chi connectivity index (χ2v) is 6.50. The van der Waals surface area contributed by atoms with Crippen molar-refractivity contribution >= 4 is 10.8 Å². The van der Waals surface area contributed by atoms with Crippen molar-refractivity contribution in [3.05, 3.63) is 47.5 Å². The van der Waals surface area contributed by atoms with E-state index in [1.165, 1.54) is 10.9 Å². The van der Waals surface area contributed by atoms with Gasteiger partial charge in [-0.25, -0.2) is 4.39 Å². The third kappa shape index (κ3) is 2.55. The van der Waals surface area contributed by atoms with Crippen molar-refractivity contribution in [1.82, 2.24) is 0 Å². The molecule has 18 heavy (non-hydrogen) atoms. The highest BCUT2D eigenvalue weighted by atomic mass is 19.1. The van der Waals surface area contributed by atoms with Crippen LogP contribution < -0.4 is 0 Å². The Morgan fingerprint density at radius 2 is 1.17 bits per heavy atom. The molecule has 96 valence electrons. The lowest BCUT2D eigenvalue weighted by Crippen LogP contribution is -2.11. The zero-order valence-electron chi connectivity index (χ0n) is 11.8. The Hall–Kier alpha value is -1.37. The molecule has 0 fully saturated rings. The highest BCUT2D eigenvalue weighted by molar-refractivity contribution is 5.84. The highest BCUT2D eigenvalue weighted by Crippen LogP contribution is 2.30. The topological polar surface area (TPSA) is 0 Å². The van der Waals surface area contributed by atoms with E-state index >= 15 is 0 Å². The summed E-state index contributed by atoms with van der Waals surface area (Å²) in [5, 5.41) is 2.28. The van der Waals surface area contributed by atoms with Crippen molar-refractivity contribution in [3.8, 4) is 0 Å². The fourth-order valence-corrected chi connectivity index (χ4v) is 2.08. The minimum atomic E-state index is -1.28. The Morgan fingerprint density at radius 1 is 0.722 bits per heavy atom. The van der Waals surface area contributed by atoms with Gasteiger partial charge in [-0.1, -0.05) is 51.1 Å². The molecule has 2 aromatic rings. The second kappa shape index (κ2) is 4.08. The minimum absolute atomic E-state index is 0.145. The van der Waals surface area contributed by atoms with E-state index in [2.05, 4.69) is 39.0 Å². The molecule has 2 rings (SSSR count). The summed E-state index contributed by atoms with van der Waals surface area (Å²) in [6, 6.07) is 12.3. The van der Waals surface area contributed by atoms with Crippen molar-refractivity contribution in [1.29, 1.82) is 0 Å². The first-order valence-electron chi connectivity index (χ1n) is 6.42. The molecule has 0 N–H and O–H groups in total. The average molecular weight is 244 g/mol. The van der Waals surface area contributed by atoms with Crippen molar-refractivity contribution < 1.29 is 4.39 Å². The van der Waals surface area contributed by atoms with Crippen LogP contribution in [0.2, 0.25) is 0 Å². The van der Waals surface area contributed by atoms with Gasteiger partial charge < -0.3 is 0 Å². The summed E-state index contributed by atoms with van der Waals surface area (Å²) in [5.74, 6) is 0. The number of fused-ring (bicyclic) bond motifs is 1. The van der Waals surface area contributed by atoms with Gasteiger partial charge in [0.05, 0.1) is 0 Å². The lowest BCUT2D eigenvalue weighted by Gasteiger charge is -2.20. The Morgan fingerprint density at radius 3 is 1.61 bits per heavy atom. The summed E-state index contributed by atoms with van der Waals surface area (Å²) in [6.07, 6.45) is 0. The molecule has 0 nitrogen and oxygen atoms in total. The molecule has 2 aromatic carbocycles. The maximum atomic E-state index is 13.9. The van der Waals surface area contributed by atoms with Gasteiger partial charge in [0.2, 0.25) is 0 Å². The number of rotatable bonds is 1. The van der Waals surface area contributed by atoms with E-state index in [1.54, 1.807) is 13.8 Å². The second-order valence-electron chi connectivity index (χ2n) is 6.50. The molecule has 0 heterocycles. The molecule has 1 heteroatoms. The van der Waals surface area contributed by atoms with Crippen LogP contribution in [0.25, 0.3) is 10.8 Å². The number of halogens is 1. The van der Waals surface area contributed by atoms with Gasteiger partial charge in [0.25, 0.3) is 0 Å². The lowest BCUT2D eigenvalue weighted by atomic mass is 9.85. The molecule has 0 saturated carbocycles. The van der Waals surface area contributed by atoms with Crippen LogP contribution in [0.15, 0.2) is 36.4 Å². The van der Waals surface area contributed by atoms with E-state index in [0.717, 1.165) is 10.9 Å². The minimum Gasteiger partial charge on any atom is -0.239 e. The third-order valence-corrected chi connectivity index (χ3v) is 3.39. The summed E-state index contributed by atoms with van der Waals surface area (Å²) in [4.78, 5) is 0. The van der Waals surface area contributed by atoms with E-state index in [0.29, 0.717) is 0 Å². The van der Waals surface area contributed by atoms with Crippen molar-refractivity contribution in [3.63, 3.8) is 0 Å². The first-order chi connectivity index (χ1) is 8.18. The Bertz CT molecular complexity index is 515. The molecule has 0 radical (unpaired) electrons. The predicted octanol–water partition coefficient (Wildman–Crippen LogP) is 5.34. The SMILES string of the molecule is CC(C)(C)c1ccc2cc(C(C)(C)F)ccc2c1. The smallest absolute Gasteiger partial charge is 0.130 e. The van der Waals surface area contributed by atoms with Gasteiger partial charge >= 0.3 is 0 Å². The van der Waals surface area contributed by atoms with Crippen molar-refractivity contribution in [2.45, 2.75) is 45.7 Å². The molecular weight excluding hydrogens is 223 g/mol. The monoisotopic (exact) mass is 244 g/mol. The maximum absolute atomic E-state index is 13.9. The predicted molar refractivity (Wildman–Crippen MR) is 76.8 cm³/mol. The quantitative estimate of drug-likeness (QED) is 0.635. The normalized spacial score (nSPS) is 13.0. The zero-order chi connectivity index (χ0) is 13.6. The van der Waals surface area contributed by atoms with Crippen molar-refractivity contribution in [2.24, 2.45) is 0 Å². The van der Waals surface area contributed by atoms with Gasteiger partial charge in [0.1, 0.15) is 5.67 Å². The number of benzene rings is 2. The molecule has 0 atom stereocenters. The average Bonchev–Trinajstić information content (AvgIpc) is 2.25. The molecule has 0 aliphatic heterocycles. The Kier molecular flexibility index (Phi) is 2.96. The van der Waals surface area contributed by atoms with E-state index in [9.17, 15) is 4.39 Å². The van der Waals surface area contributed by atoms with Gasteiger partial charge in [0.15, 0.2) is 0 Å². The standard InChI is InChI=1S/C17H21F/c1-16(2,3)14-8-6-13-11-15(17(4,5)18)9-7-12(13)10-14/h6-11H,1-5H3. The zero-order valence-corrected chi connectivity index (χ0v) is 11.8. The summed E-state index contributed by atoms with van der Waals surface area (Å²) in [5.41, 5.74) is 0.907. The van der Waals surface area contributed by atoms with E-state index in [4.69, 9.17) is 0 Å². The van der Waals surface area contributed by atoms with Crippen LogP contribution in [0.5, 0.6) is 0 Å². The summed E-state index contributed by atoms with van der Waals surface area (Å²) < 4.78 is 13.9. The number of alkyl halides is 1. The fraction of sp³-hybridized carbons (Fsp3) is 0.412. The number of hydrogen-bond donors (Lipinski definition) is 0.